The summed E-state index contributed by atoms with van der Waals surface area (Å²) in [6.45, 7) is 5.14. The molecule has 0 bridgehead atoms. The molecule has 4 atom stereocenters. The molecule has 4 unspecified atom stereocenters. The van der Waals surface area contributed by atoms with Crippen molar-refractivity contribution in [1.29, 1.82) is 0 Å². The van der Waals surface area contributed by atoms with Crippen LogP contribution >= 0.6 is 0 Å². The lowest BCUT2D eigenvalue weighted by molar-refractivity contribution is 0.0933. The lowest BCUT2D eigenvalue weighted by atomic mass is 9.99. The summed E-state index contributed by atoms with van der Waals surface area (Å²) in [5.74, 6) is 1.13. The molecule has 0 spiro atoms. The molecule has 0 radical (unpaired) electrons. The lowest BCUT2D eigenvalue weighted by Crippen LogP contribution is -2.44. The second-order valence-corrected chi connectivity index (χ2v) is 12.1. The molecule has 7 heteroatoms. The van der Waals surface area contributed by atoms with Gasteiger partial charge >= 0.3 is 0 Å². The van der Waals surface area contributed by atoms with Crippen molar-refractivity contribution in [2.45, 2.75) is 51.6 Å². The summed E-state index contributed by atoms with van der Waals surface area (Å²) in [4.78, 5) is 13.3. The maximum Gasteiger partial charge on any atom is 0.251 e. The Hall–Kier alpha value is -2.64. The Morgan fingerprint density at radius 3 is 2.71 bits per heavy atom. The summed E-state index contributed by atoms with van der Waals surface area (Å²) in [5, 5.41) is 6.74. The first kappa shape index (κ1) is 25.5. The van der Waals surface area contributed by atoms with Crippen LogP contribution in [0.15, 0.2) is 48.5 Å². The highest BCUT2D eigenvalue weighted by Crippen LogP contribution is 2.42. The van der Waals surface area contributed by atoms with Gasteiger partial charge in [-0.1, -0.05) is 55.3 Å². The van der Waals surface area contributed by atoms with Gasteiger partial charge in [0.2, 0.25) is 10.0 Å². The number of hydrogen-bond donors (Lipinski definition) is 2. The molecule has 188 valence electrons. The first-order valence-electron chi connectivity index (χ1n) is 12.5. The highest BCUT2D eigenvalue weighted by Gasteiger charge is 2.32. The van der Waals surface area contributed by atoms with E-state index in [1.54, 1.807) is 6.07 Å². The minimum atomic E-state index is -3.45. The number of nitrogens with one attached hydrogen (secondary N) is 2. The molecule has 2 aromatic carbocycles. The van der Waals surface area contributed by atoms with E-state index in [4.69, 9.17) is 0 Å². The minimum Gasteiger partial charge on any atom is -0.348 e. The van der Waals surface area contributed by atoms with Gasteiger partial charge in [0, 0.05) is 24.7 Å². The highest BCUT2D eigenvalue weighted by molar-refractivity contribution is 7.92. The van der Waals surface area contributed by atoms with E-state index in [9.17, 15) is 13.2 Å². The van der Waals surface area contributed by atoms with Crippen LogP contribution in [0.1, 0.15) is 53.2 Å². The molecule has 35 heavy (non-hydrogen) atoms. The van der Waals surface area contributed by atoms with Gasteiger partial charge in [-0.25, -0.2) is 8.42 Å². The normalized spacial score (nSPS) is 24.0. The number of rotatable bonds is 9. The quantitative estimate of drug-likeness (QED) is 0.548. The van der Waals surface area contributed by atoms with Crippen LogP contribution in [0.25, 0.3) is 6.08 Å². The number of carbonyl (C=O) groups excluding carboxylic acids is 1. The average Bonchev–Trinajstić information content (AvgIpc) is 3.46. The fraction of sp³-hybridized carbons (Fsp3) is 0.464. The lowest BCUT2D eigenvalue weighted by Gasteiger charge is -2.22. The zero-order valence-corrected chi connectivity index (χ0v) is 21.9. The molecule has 2 aliphatic rings. The van der Waals surface area contributed by atoms with Gasteiger partial charge in [0.15, 0.2) is 0 Å². The van der Waals surface area contributed by atoms with Crippen LogP contribution in [-0.4, -0.2) is 46.3 Å². The van der Waals surface area contributed by atoms with E-state index < -0.39 is 10.0 Å². The number of benzene rings is 2. The molecule has 1 heterocycles. The van der Waals surface area contributed by atoms with Gasteiger partial charge in [-0.05, 0) is 73.9 Å². The maximum absolute atomic E-state index is 13.3. The molecule has 2 fully saturated rings. The van der Waals surface area contributed by atoms with Crippen molar-refractivity contribution in [2.75, 3.05) is 24.2 Å². The van der Waals surface area contributed by atoms with E-state index in [0.717, 1.165) is 30.9 Å². The molecule has 2 aromatic rings. The van der Waals surface area contributed by atoms with Crippen molar-refractivity contribution >= 4 is 27.7 Å². The fourth-order valence-corrected chi connectivity index (χ4v) is 5.43. The second kappa shape index (κ2) is 10.5. The Balaban J connectivity index is 1.53. The fourth-order valence-electron chi connectivity index (χ4n) is 4.95. The van der Waals surface area contributed by atoms with E-state index in [0.29, 0.717) is 17.2 Å². The van der Waals surface area contributed by atoms with Crippen LogP contribution in [0.2, 0.25) is 0 Å². The Morgan fingerprint density at radius 1 is 1.23 bits per heavy atom. The van der Waals surface area contributed by atoms with Gasteiger partial charge in [-0.2, -0.15) is 0 Å². The van der Waals surface area contributed by atoms with E-state index in [1.807, 2.05) is 18.2 Å². The molecule has 2 N–H and O–H groups in total. The molecule has 1 saturated heterocycles. The van der Waals surface area contributed by atoms with Gasteiger partial charge in [0.25, 0.3) is 5.91 Å². The van der Waals surface area contributed by atoms with Crippen LogP contribution in [0.3, 0.4) is 0 Å². The zero-order valence-electron chi connectivity index (χ0n) is 21.1. The second-order valence-electron chi connectivity index (χ2n) is 10.1. The van der Waals surface area contributed by atoms with Crippen LogP contribution in [-0.2, 0) is 16.4 Å². The van der Waals surface area contributed by atoms with Crippen molar-refractivity contribution in [3.63, 3.8) is 0 Å². The van der Waals surface area contributed by atoms with Gasteiger partial charge in [-0.3, -0.25) is 9.10 Å². The monoisotopic (exact) mass is 495 g/mol. The van der Waals surface area contributed by atoms with Gasteiger partial charge < -0.3 is 10.6 Å². The Morgan fingerprint density at radius 2 is 2.03 bits per heavy atom. The number of hydrogen-bond acceptors (Lipinski definition) is 4. The number of sulfonamides is 1. The largest absolute Gasteiger partial charge is 0.348 e. The third kappa shape index (κ3) is 6.53. The molecular formula is C28H37N3O3S. The number of carbonyl (C=O) groups is 1. The van der Waals surface area contributed by atoms with Gasteiger partial charge in [0.1, 0.15) is 0 Å². The SMILES string of the molecule is CCC1CC1/C=C\c1cc(C(=O)NC2CCNC2Cc2cccc(C)c2)cc(N(C)S(C)(=O)=O)c1. The minimum absolute atomic E-state index is 0.00933. The topological polar surface area (TPSA) is 78.5 Å². The molecule has 4 rings (SSSR count). The first-order valence-corrected chi connectivity index (χ1v) is 14.4. The third-order valence-electron chi connectivity index (χ3n) is 7.30. The van der Waals surface area contributed by atoms with Crippen LogP contribution in [0.5, 0.6) is 0 Å². The predicted octanol–water partition coefficient (Wildman–Crippen LogP) is 4.15. The van der Waals surface area contributed by atoms with Crippen LogP contribution in [0, 0.1) is 18.8 Å². The molecule has 6 nitrogen and oxygen atoms in total. The van der Waals surface area contributed by atoms with E-state index in [2.05, 4.69) is 54.8 Å². The molecule has 1 saturated carbocycles. The molecule has 1 aliphatic carbocycles. The number of amides is 1. The van der Waals surface area contributed by atoms with E-state index in [-0.39, 0.29) is 18.0 Å². The summed E-state index contributed by atoms with van der Waals surface area (Å²) in [6, 6.07) is 14.0. The van der Waals surface area contributed by atoms with Gasteiger partial charge in [0.05, 0.1) is 11.9 Å². The molecule has 0 aromatic heterocycles. The summed E-state index contributed by atoms with van der Waals surface area (Å²) in [6.07, 6.45) is 9.45. The van der Waals surface area contributed by atoms with Gasteiger partial charge in [-0.15, -0.1) is 0 Å². The standard InChI is InChI=1S/C28H37N3O3S/c1-5-22-17-23(22)10-9-21-14-24(18-25(15-21)31(3)35(4,33)34)28(32)30-26-11-12-29-27(26)16-20-8-6-7-19(2)13-20/h6-10,13-15,18,22-23,26-27,29H,5,11-12,16-17H2,1-4H3,(H,30,32)/b10-9-. The number of anilines is 1. The molecular weight excluding hydrogens is 458 g/mol. The number of nitrogens with zero attached hydrogens (tertiary/aromatic N) is 1. The number of aryl methyl sites for hydroxylation is 1. The maximum atomic E-state index is 13.3. The Bertz CT molecular complexity index is 1210. The van der Waals surface area contributed by atoms with Crippen molar-refractivity contribution in [2.24, 2.45) is 11.8 Å². The average molecular weight is 496 g/mol. The van der Waals surface area contributed by atoms with Crippen molar-refractivity contribution < 1.29 is 13.2 Å². The van der Waals surface area contributed by atoms with Crippen molar-refractivity contribution in [3.05, 3.63) is 70.8 Å². The third-order valence-corrected chi connectivity index (χ3v) is 8.51. The first-order chi connectivity index (χ1) is 16.6. The zero-order chi connectivity index (χ0) is 25.2. The summed E-state index contributed by atoms with van der Waals surface area (Å²) < 4.78 is 25.6. The van der Waals surface area contributed by atoms with E-state index >= 15 is 0 Å². The highest BCUT2D eigenvalue weighted by atomic mass is 32.2. The van der Waals surface area contributed by atoms with Crippen molar-refractivity contribution in [1.82, 2.24) is 10.6 Å². The summed E-state index contributed by atoms with van der Waals surface area (Å²) >= 11 is 0. The summed E-state index contributed by atoms with van der Waals surface area (Å²) in [7, 11) is -1.93. The van der Waals surface area contributed by atoms with Crippen molar-refractivity contribution in [3.8, 4) is 0 Å². The predicted molar refractivity (Wildman–Crippen MR) is 143 cm³/mol. The molecule has 1 amide bonds. The summed E-state index contributed by atoms with van der Waals surface area (Å²) in [5.41, 5.74) is 4.28. The van der Waals surface area contributed by atoms with Crippen LogP contribution < -0.4 is 14.9 Å². The molecule has 1 aliphatic heterocycles. The van der Waals surface area contributed by atoms with E-state index in [1.165, 1.54) is 41.6 Å². The van der Waals surface area contributed by atoms with Crippen LogP contribution in [0.4, 0.5) is 5.69 Å². The Kier molecular flexibility index (Phi) is 7.67. The smallest absolute Gasteiger partial charge is 0.251 e. The number of allylic oxidation sites excluding steroid dienone is 1. The Labute approximate surface area is 209 Å².